The van der Waals surface area contributed by atoms with Crippen molar-refractivity contribution >= 4 is 23.3 Å². The number of hydrogen-bond donors (Lipinski definition) is 2. The third kappa shape index (κ3) is 3.73. The number of amides is 1. The molecule has 1 amide bonds. The van der Waals surface area contributed by atoms with Crippen molar-refractivity contribution in [2.45, 2.75) is 32.2 Å². The average Bonchev–Trinajstić information content (AvgIpc) is 3.30. The van der Waals surface area contributed by atoms with Crippen molar-refractivity contribution in [2.24, 2.45) is 5.92 Å². The molecule has 2 rings (SSSR count). The Balaban J connectivity index is 1.93. The summed E-state index contributed by atoms with van der Waals surface area (Å²) in [5, 5.41) is 5.98. The summed E-state index contributed by atoms with van der Waals surface area (Å²) in [6.07, 6.45) is 2.62. The quantitative estimate of drug-likeness (QED) is 0.783. The van der Waals surface area contributed by atoms with E-state index in [1.54, 1.807) is 0 Å². The number of carbonyl (C=O) groups excluding carboxylic acids is 2. The molecule has 0 radical (unpaired) electrons. The molecule has 1 saturated carbocycles. The first-order valence-corrected chi connectivity index (χ1v) is 6.89. The zero-order valence-corrected chi connectivity index (χ0v) is 11.8. The Morgan fingerprint density at radius 3 is 2.35 bits per heavy atom. The number of ether oxygens (including phenoxy) is 1. The van der Waals surface area contributed by atoms with Gasteiger partial charge in [0.25, 0.3) is 0 Å². The largest absolute Gasteiger partial charge is 0.467 e. The molecule has 5 nitrogen and oxygen atoms in total. The lowest BCUT2D eigenvalue weighted by Crippen LogP contribution is -2.29. The number of methoxy groups -OCH3 is 1. The number of benzene rings is 1. The number of hydrogen-bond acceptors (Lipinski definition) is 4. The maximum Gasteiger partial charge on any atom is 0.328 e. The molecule has 1 aromatic rings. The third-order valence-electron chi connectivity index (χ3n) is 3.34. The van der Waals surface area contributed by atoms with Gasteiger partial charge in [0.15, 0.2) is 0 Å². The number of esters is 1. The highest BCUT2D eigenvalue weighted by Gasteiger charge is 2.29. The molecule has 2 N–H and O–H groups in total. The molecule has 1 aliphatic rings. The molecular weight excluding hydrogens is 256 g/mol. The summed E-state index contributed by atoms with van der Waals surface area (Å²) in [5.74, 6) is 0.00177. The van der Waals surface area contributed by atoms with Gasteiger partial charge in [-0.05, 0) is 43.5 Å². The van der Waals surface area contributed by atoms with Crippen LogP contribution in [0.5, 0.6) is 0 Å². The van der Waals surface area contributed by atoms with Crippen molar-refractivity contribution in [3.63, 3.8) is 0 Å². The minimum atomic E-state index is -0.355. The van der Waals surface area contributed by atoms with Gasteiger partial charge in [-0.15, -0.1) is 0 Å². The lowest BCUT2D eigenvalue weighted by atomic mass is 10.2. The van der Waals surface area contributed by atoms with E-state index >= 15 is 0 Å². The van der Waals surface area contributed by atoms with Crippen LogP contribution >= 0.6 is 0 Å². The maximum absolute atomic E-state index is 11.6. The molecule has 5 heteroatoms. The minimum absolute atomic E-state index is 0.0895. The Morgan fingerprint density at radius 1 is 1.25 bits per heavy atom. The van der Waals surface area contributed by atoms with Gasteiger partial charge in [0.1, 0.15) is 6.04 Å². The molecule has 0 bridgehead atoms. The van der Waals surface area contributed by atoms with Gasteiger partial charge in [-0.1, -0.05) is 6.92 Å². The zero-order valence-electron chi connectivity index (χ0n) is 11.8. The number of rotatable bonds is 6. The highest BCUT2D eigenvalue weighted by Crippen LogP contribution is 2.30. The van der Waals surface area contributed by atoms with Crippen LogP contribution in [0.3, 0.4) is 0 Å². The van der Waals surface area contributed by atoms with E-state index < -0.39 is 0 Å². The molecular formula is C15H20N2O3. The Bertz CT molecular complexity index is 480. The van der Waals surface area contributed by atoms with Crippen molar-refractivity contribution in [3.05, 3.63) is 24.3 Å². The average molecular weight is 276 g/mol. The fourth-order valence-corrected chi connectivity index (χ4v) is 1.91. The van der Waals surface area contributed by atoms with E-state index in [9.17, 15) is 9.59 Å². The standard InChI is InChI=1S/C15H20N2O3/c1-3-13(15(19)20-2)16-11-6-8-12(9-7-11)17-14(18)10-4-5-10/h6-10,13,16H,3-5H2,1-2H3,(H,17,18). The first-order valence-electron chi connectivity index (χ1n) is 6.89. The lowest BCUT2D eigenvalue weighted by Gasteiger charge is -2.16. The second-order valence-electron chi connectivity index (χ2n) is 4.97. The van der Waals surface area contributed by atoms with E-state index in [-0.39, 0.29) is 23.8 Å². The highest BCUT2D eigenvalue weighted by atomic mass is 16.5. The molecule has 108 valence electrons. The van der Waals surface area contributed by atoms with Crippen LogP contribution < -0.4 is 10.6 Å². The third-order valence-corrected chi connectivity index (χ3v) is 3.34. The summed E-state index contributed by atoms with van der Waals surface area (Å²) in [5.41, 5.74) is 1.60. The Morgan fingerprint density at radius 2 is 1.85 bits per heavy atom. The normalized spacial score (nSPS) is 15.3. The number of nitrogens with one attached hydrogen (secondary N) is 2. The van der Waals surface area contributed by atoms with E-state index in [4.69, 9.17) is 4.74 Å². The van der Waals surface area contributed by atoms with Gasteiger partial charge in [-0.3, -0.25) is 4.79 Å². The number of anilines is 2. The van der Waals surface area contributed by atoms with Gasteiger partial charge >= 0.3 is 5.97 Å². The first-order chi connectivity index (χ1) is 9.63. The van der Waals surface area contributed by atoms with Crippen LogP contribution in [0.2, 0.25) is 0 Å². The highest BCUT2D eigenvalue weighted by molar-refractivity contribution is 5.94. The summed E-state index contributed by atoms with van der Waals surface area (Å²) in [6, 6.07) is 6.98. The minimum Gasteiger partial charge on any atom is -0.467 e. The SMILES string of the molecule is CCC(Nc1ccc(NC(=O)C2CC2)cc1)C(=O)OC. The Kier molecular flexibility index (Phi) is 4.61. The molecule has 0 spiro atoms. The topological polar surface area (TPSA) is 67.4 Å². The van der Waals surface area contributed by atoms with Crippen molar-refractivity contribution < 1.29 is 14.3 Å². The summed E-state index contributed by atoms with van der Waals surface area (Å²) < 4.78 is 4.73. The van der Waals surface area contributed by atoms with Gasteiger partial charge < -0.3 is 15.4 Å². The van der Waals surface area contributed by atoms with E-state index in [1.165, 1.54) is 7.11 Å². The van der Waals surface area contributed by atoms with E-state index in [0.717, 1.165) is 24.2 Å². The number of carbonyl (C=O) groups is 2. The maximum atomic E-state index is 11.6. The van der Waals surface area contributed by atoms with E-state index in [1.807, 2.05) is 31.2 Å². The van der Waals surface area contributed by atoms with Gasteiger partial charge in [0, 0.05) is 17.3 Å². The van der Waals surface area contributed by atoms with Gasteiger partial charge in [0.2, 0.25) is 5.91 Å². The second kappa shape index (κ2) is 6.41. The smallest absolute Gasteiger partial charge is 0.328 e. The molecule has 0 aromatic heterocycles. The fourth-order valence-electron chi connectivity index (χ4n) is 1.91. The van der Waals surface area contributed by atoms with E-state index in [0.29, 0.717) is 6.42 Å². The van der Waals surface area contributed by atoms with Gasteiger partial charge in [0.05, 0.1) is 7.11 Å². The van der Waals surface area contributed by atoms with Crippen LogP contribution in [0, 0.1) is 5.92 Å². The molecule has 1 fully saturated rings. The molecule has 20 heavy (non-hydrogen) atoms. The molecule has 1 unspecified atom stereocenters. The van der Waals surface area contributed by atoms with Crippen LogP contribution in [-0.4, -0.2) is 25.0 Å². The van der Waals surface area contributed by atoms with Crippen LogP contribution in [-0.2, 0) is 14.3 Å². The Labute approximate surface area is 118 Å². The van der Waals surface area contributed by atoms with Gasteiger partial charge in [-0.25, -0.2) is 4.79 Å². The molecule has 0 heterocycles. The first kappa shape index (κ1) is 14.4. The molecule has 1 atom stereocenters. The summed E-state index contributed by atoms with van der Waals surface area (Å²) in [6.45, 7) is 1.92. The van der Waals surface area contributed by atoms with Crippen LogP contribution in [0.4, 0.5) is 11.4 Å². The second-order valence-corrected chi connectivity index (χ2v) is 4.97. The van der Waals surface area contributed by atoms with Crippen molar-refractivity contribution in [1.29, 1.82) is 0 Å². The Hall–Kier alpha value is -2.04. The molecule has 0 saturated heterocycles. The van der Waals surface area contributed by atoms with Crippen molar-refractivity contribution in [1.82, 2.24) is 0 Å². The zero-order chi connectivity index (χ0) is 14.5. The van der Waals surface area contributed by atoms with Crippen LogP contribution in [0.25, 0.3) is 0 Å². The lowest BCUT2D eigenvalue weighted by molar-refractivity contribution is -0.141. The van der Waals surface area contributed by atoms with Crippen molar-refractivity contribution in [3.8, 4) is 0 Å². The summed E-state index contributed by atoms with van der Waals surface area (Å²) in [4.78, 5) is 23.1. The molecule has 1 aliphatic carbocycles. The van der Waals surface area contributed by atoms with Crippen LogP contribution in [0.15, 0.2) is 24.3 Å². The molecule has 0 aliphatic heterocycles. The monoisotopic (exact) mass is 276 g/mol. The van der Waals surface area contributed by atoms with E-state index in [2.05, 4.69) is 10.6 Å². The predicted molar refractivity (Wildman–Crippen MR) is 77.5 cm³/mol. The predicted octanol–water partition coefficient (Wildman–Crippen LogP) is 2.40. The van der Waals surface area contributed by atoms with Gasteiger partial charge in [-0.2, -0.15) is 0 Å². The summed E-state index contributed by atoms with van der Waals surface area (Å²) in [7, 11) is 1.38. The fraction of sp³-hybridized carbons (Fsp3) is 0.467. The molecule has 1 aromatic carbocycles. The van der Waals surface area contributed by atoms with Crippen molar-refractivity contribution in [2.75, 3.05) is 17.7 Å². The summed E-state index contributed by atoms with van der Waals surface area (Å²) >= 11 is 0. The van der Waals surface area contributed by atoms with Crippen LogP contribution in [0.1, 0.15) is 26.2 Å².